The summed E-state index contributed by atoms with van der Waals surface area (Å²) in [5.41, 5.74) is 4.06. The molecular weight excluding hydrogens is 415 g/mol. The van der Waals surface area contributed by atoms with Gasteiger partial charge < -0.3 is 0 Å². The second-order valence-electron chi connectivity index (χ2n) is 12.0. The molecule has 0 saturated carbocycles. The summed E-state index contributed by atoms with van der Waals surface area (Å²) in [5.74, 6) is 0. The maximum atomic E-state index is 2.45. The summed E-state index contributed by atoms with van der Waals surface area (Å²) in [4.78, 5) is 0. The molecule has 2 aromatic rings. The van der Waals surface area contributed by atoms with E-state index in [-0.39, 0.29) is 18.8 Å². The van der Waals surface area contributed by atoms with Crippen molar-refractivity contribution in [3.63, 3.8) is 0 Å². The largest absolute Gasteiger partial charge is 0.0654 e. The van der Waals surface area contributed by atoms with Gasteiger partial charge in [-0.25, -0.2) is 0 Å². The number of rotatable bonds is 12. The second kappa shape index (κ2) is 13.1. The lowest BCUT2D eigenvalue weighted by atomic mass is 9.87. The van der Waals surface area contributed by atoms with Gasteiger partial charge in [-0.2, -0.15) is 0 Å². The molecule has 184 valence electrons. The zero-order valence-corrected chi connectivity index (χ0v) is 23.9. The summed E-state index contributed by atoms with van der Waals surface area (Å²) < 4.78 is 0. The molecule has 2 rings (SSSR count). The fraction of sp³-hybridized carbons (Fsp3) is 0.625. The molecular formula is C32H51P. The van der Waals surface area contributed by atoms with E-state index in [0.29, 0.717) is 0 Å². The van der Waals surface area contributed by atoms with Crippen LogP contribution in [0.2, 0.25) is 0 Å². The Morgan fingerprint density at radius 1 is 0.545 bits per heavy atom. The average Bonchev–Trinajstić information content (AvgIpc) is 2.76. The van der Waals surface area contributed by atoms with Crippen LogP contribution in [0.1, 0.15) is 124 Å². The van der Waals surface area contributed by atoms with Crippen molar-refractivity contribution in [1.29, 1.82) is 0 Å². The number of benzene rings is 2. The minimum atomic E-state index is -0.344. The van der Waals surface area contributed by atoms with Crippen molar-refractivity contribution in [1.82, 2.24) is 0 Å². The fourth-order valence-corrected chi connectivity index (χ4v) is 7.75. The third-order valence-corrected chi connectivity index (χ3v) is 9.86. The van der Waals surface area contributed by atoms with E-state index in [2.05, 4.69) is 104 Å². The summed E-state index contributed by atoms with van der Waals surface area (Å²) in [6, 6.07) is 19.4. The van der Waals surface area contributed by atoms with Crippen LogP contribution >= 0.6 is 7.92 Å². The minimum absolute atomic E-state index is 0.205. The SMILES string of the molecule is CCCCCCCCC(CCC)P(c1ccc(C(C)(C)C)cc1)c1ccc(C(C)(C)C)cc1. The highest BCUT2D eigenvalue weighted by molar-refractivity contribution is 7.73. The molecule has 0 nitrogen and oxygen atoms in total. The first-order valence-corrected chi connectivity index (χ1v) is 15.0. The predicted molar refractivity (Wildman–Crippen MR) is 153 cm³/mol. The average molecular weight is 467 g/mol. The third kappa shape index (κ3) is 8.87. The summed E-state index contributed by atoms with van der Waals surface area (Å²) in [6.45, 7) is 18.6. The zero-order chi connectivity index (χ0) is 24.5. The van der Waals surface area contributed by atoms with E-state index in [9.17, 15) is 0 Å². The normalized spacial score (nSPS) is 13.5. The van der Waals surface area contributed by atoms with Gasteiger partial charge in [-0.3, -0.25) is 0 Å². The van der Waals surface area contributed by atoms with Crippen LogP contribution in [-0.2, 0) is 10.8 Å². The van der Waals surface area contributed by atoms with Crippen LogP contribution < -0.4 is 10.6 Å². The van der Waals surface area contributed by atoms with Gasteiger partial charge in [0.05, 0.1) is 0 Å². The van der Waals surface area contributed by atoms with Crippen LogP contribution in [0, 0.1) is 0 Å². The molecule has 2 aromatic carbocycles. The minimum Gasteiger partial charge on any atom is -0.0654 e. The van der Waals surface area contributed by atoms with Crippen LogP contribution in [0.5, 0.6) is 0 Å². The molecule has 1 atom stereocenters. The molecule has 1 heteroatoms. The van der Waals surface area contributed by atoms with Crippen LogP contribution in [0.25, 0.3) is 0 Å². The summed E-state index contributed by atoms with van der Waals surface area (Å²) in [6.07, 6.45) is 12.3. The molecule has 0 aromatic heterocycles. The van der Waals surface area contributed by atoms with Gasteiger partial charge in [-0.1, -0.05) is 149 Å². The van der Waals surface area contributed by atoms with Crippen molar-refractivity contribution >= 4 is 18.5 Å². The second-order valence-corrected chi connectivity index (χ2v) is 14.5. The van der Waals surface area contributed by atoms with Gasteiger partial charge in [0.1, 0.15) is 0 Å². The van der Waals surface area contributed by atoms with Gasteiger partial charge in [0, 0.05) is 0 Å². The molecule has 0 N–H and O–H groups in total. The molecule has 0 heterocycles. The van der Waals surface area contributed by atoms with Crippen molar-refractivity contribution in [3.05, 3.63) is 59.7 Å². The molecule has 0 aliphatic carbocycles. The predicted octanol–water partition coefficient (Wildman–Crippen LogP) is 9.63. The molecule has 0 fully saturated rings. The molecule has 33 heavy (non-hydrogen) atoms. The van der Waals surface area contributed by atoms with E-state index in [1.54, 1.807) is 10.6 Å². The van der Waals surface area contributed by atoms with Gasteiger partial charge in [0.2, 0.25) is 0 Å². The van der Waals surface area contributed by atoms with Crippen LogP contribution in [0.3, 0.4) is 0 Å². The van der Waals surface area contributed by atoms with Crippen molar-refractivity contribution in [2.24, 2.45) is 0 Å². The lowest BCUT2D eigenvalue weighted by Crippen LogP contribution is -2.23. The number of unbranched alkanes of at least 4 members (excludes halogenated alkanes) is 5. The van der Waals surface area contributed by atoms with E-state index in [1.165, 1.54) is 68.9 Å². The molecule has 1 unspecified atom stereocenters. The Labute approximate surface area is 207 Å². The van der Waals surface area contributed by atoms with E-state index in [0.717, 1.165) is 5.66 Å². The maximum Gasteiger partial charge on any atom is -0.0129 e. The van der Waals surface area contributed by atoms with Gasteiger partial charge in [0.15, 0.2) is 0 Å². The van der Waals surface area contributed by atoms with Crippen LogP contribution in [0.4, 0.5) is 0 Å². The van der Waals surface area contributed by atoms with E-state index < -0.39 is 0 Å². The summed E-state index contributed by atoms with van der Waals surface area (Å²) in [5, 5.41) is 3.12. The first-order chi connectivity index (χ1) is 15.6. The van der Waals surface area contributed by atoms with Crippen molar-refractivity contribution < 1.29 is 0 Å². The molecule has 0 radical (unpaired) electrons. The molecule has 0 saturated heterocycles. The monoisotopic (exact) mass is 466 g/mol. The Hall–Kier alpha value is -1.13. The van der Waals surface area contributed by atoms with Crippen LogP contribution in [0.15, 0.2) is 48.5 Å². The van der Waals surface area contributed by atoms with Gasteiger partial charge in [0.25, 0.3) is 0 Å². The zero-order valence-electron chi connectivity index (χ0n) is 23.0. The Morgan fingerprint density at radius 2 is 0.970 bits per heavy atom. The first kappa shape index (κ1) is 28.1. The fourth-order valence-electron chi connectivity index (χ4n) is 4.71. The topological polar surface area (TPSA) is 0 Å². The van der Waals surface area contributed by atoms with E-state index in [4.69, 9.17) is 0 Å². The molecule has 0 aliphatic rings. The summed E-state index contributed by atoms with van der Waals surface area (Å²) >= 11 is 0. The quantitative estimate of drug-likeness (QED) is 0.216. The third-order valence-electron chi connectivity index (χ3n) is 6.90. The lowest BCUT2D eigenvalue weighted by molar-refractivity contribution is 0.567. The molecule has 0 aliphatic heterocycles. The first-order valence-electron chi connectivity index (χ1n) is 13.6. The Bertz CT molecular complexity index is 729. The van der Waals surface area contributed by atoms with E-state index >= 15 is 0 Å². The van der Waals surface area contributed by atoms with E-state index in [1.807, 2.05) is 0 Å². The Balaban J connectivity index is 2.33. The molecule has 0 amide bonds. The lowest BCUT2D eigenvalue weighted by Gasteiger charge is -2.30. The number of hydrogen-bond acceptors (Lipinski definition) is 0. The van der Waals surface area contributed by atoms with Gasteiger partial charge in [-0.15, -0.1) is 0 Å². The highest BCUT2D eigenvalue weighted by atomic mass is 31.1. The van der Waals surface area contributed by atoms with Crippen molar-refractivity contribution in [2.45, 2.75) is 130 Å². The van der Waals surface area contributed by atoms with Crippen molar-refractivity contribution in [2.75, 3.05) is 0 Å². The van der Waals surface area contributed by atoms with Gasteiger partial charge in [-0.05, 0) is 59.0 Å². The highest BCUT2D eigenvalue weighted by Crippen LogP contribution is 2.45. The van der Waals surface area contributed by atoms with Crippen LogP contribution in [-0.4, -0.2) is 5.66 Å². The van der Waals surface area contributed by atoms with Crippen molar-refractivity contribution in [3.8, 4) is 0 Å². The Morgan fingerprint density at radius 3 is 1.36 bits per heavy atom. The maximum absolute atomic E-state index is 2.45. The molecule has 0 spiro atoms. The molecule has 0 bridgehead atoms. The van der Waals surface area contributed by atoms with Gasteiger partial charge >= 0.3 is 0 Å². The smallest absolute Gasteiger partial charge is 0.0129 e. The Kier molecular flexibility index (Phi) is 11.2. The standard InChI is InChI=1S/C32H51P/c1-9-11-12-13-14-15-17-28(16-10-2)33(29-22-18-26(19-23-29)31(3,4)5)30-24-20-27(21-25-30)32(6,7)8/h18-25,28H,9-17H2,1-8H3. The highest BCUT2D eigenvalue weighted by Gasteiger charge is 2.25. The number of hydrogen-bond donors (Lipinski definition) is 0. The summed E-state index contributed by atoms with van der Waals surface area (Å²) in [7, 11) is -0.344.